The standard InChI is InChI=1S/C40H24F14N3O6P3/c41-29-16-18-31(19-17-29)58-64(63-36-15-5-10-30(42)24-36)55-65(59-32-11-1-6-25(20-32)37(43,44)45,60-33-12-2-7-26(21-33)38(46,47)48)57-66(56-64,61-34-13-3-8-27(22-34)39(49,50)51)62-35-14-4-9-28(23-35)40(52,53)54/h1-24H. The van der Waals surface area contributed by atoms with E-state index in [1.165, 1.54) is 0 Å². The topological polar surface area (TPSA) is 92.5 Å². The van der Waals surface area contributed by atoms with Crippen LogP contribution in [-0.2, 0) is 24.7 Å². The third-order valence-electron chi connectivity index (χ3n) is 8.28. The third kappa shape index (κ3) is 11.8. The number of alkyl halides is 12. The van der Waals surface area contributed by atoms with E-state index in [0.29, 0.717) is 54.6 Å². The molecular formula is C40H24F14N3O6P3. The van der Waals surface area contributed by atoms with Crippen LogP contribution in [0.15, 0.2) is 159 Å². The van der Waals surface area contributed by atoms with Gasteiger partial charge in [-0.2, -0.15) is 52.7 Å². The zero-order valence-electron chi connectivity index (χ0n) is 32.3. The van der Waals surface area contributed by atoms with E-state index in [0.717, 1.165) is 91.0 Å². The molecule has 1 atom stereocenters. The van der Waals surface area contributed by atoms with Gasteiger partial charge < -0.3 is 27.1 Å². The summed E-state index contributed by atoms with van der Waals surface area (Å²) in [4.78, 5) is 0. The van der Waals surface area contributed by atoms with Crippen LogP contribution in [0.1, 0.15) is 22.3 Å². The van der Waals surface area contributed by atoms with E-state index in [1.54, 1.807) is 0 Å². The predicted molar refractivity (Wildman–Crippen MR) is 210 cm³/mol. The van der Waals surface area contributed by atoms with Crippen LogP contribution >= 0.6 is 23.0 Å². The highest BCUT2D eigenvalue weighted by molar-refractivity contribution is 7.79. The molecule has 1 heterocycles. The van der Waals surface area contributed by atoms with Crippen molar-refractivity contribution >= 4 is 23.0 Å². The Kier molecular flexibility index (Phi) is 13.0. The predicted octanol–water partition coefficient (Wildman–Crippen LogP) is 16.7. The van der Waals surface area contributed by atoms with E-state index in [4.69, 9.17) is 27.1 Å². The van der Waals surface area contributed by atoms with E-state index < -0.39 is 116 Å². The van der Waals surface area contributed by atoms with Crippen LogP contribution in [0.5, 0.6) is 34.5 Å². The lowest BCUT2D eigenvalue weighted by atomic mass is 10.2. The molecule has 0 bridgehead atoms. The van der Waals surface area contributed by atoms with Crippen molar-refractivity contribution in [1.82, 2.24) is 0 Å². The molecule has 1 aliphatic rings. The summed E-state index contributed by atoms with van der Waals surface area (Å²) in [7, 11) is -16.2. The lowest BCUT2D eigenvalue weighted by Crippen LogP contribution is -2.12. The van der Waals surface area contributed by atoms with Gasteiger partial charge >= 0.3 is 47.7 Å². The fourth-order valence-corrected chi connectivity index (χ4v) is 14.5. The Balaban J connectivity index is 1.64. The first-order chi connectivity index (χ1) is 30.8. The molecule has 1 unspecified atom stereocenters. The minimum absolute atomic E-state index is 0.365. The van der Waals surface area contributed by atoms with Gasteiger partial charge in [0.2, 0.25) is 0 Å². The Morgan fingerprint density at radius 1 is 0.288 bits per heavy atom. The van der Waals surface area contributed by atoms with E-state index in [2.05, 4.69) is 13.5 Å². The zero-order chi connectivity index (χ0) is 47.8. The molecule has 0 N–H and O–H groups in total. The van der Waals surface area contributed by atoms with Gasteiger partial charge in [-0.3, -0.25) is 0 Å². The average molecular weight is 1000 g/mol. The van der Waals surface area contributed by atoms with Gasteiger partial charge in [0.25, 0.3) is 0 Å². The maximum atomic E-state index is 14.8. The SMILES string of the molecule is Fc1ccc(OP2(Oc3cccc(F)c3)=NP(Oc3cccc(C(F)(F)F)c3)(Oc3cccc(C(F)(F)F)c3)=NP(Oc3cccc(C(F)(F)F)c3)(Oc3cccc(C(F)(F)F)c3)=N2)cc1. The summed E-state index contributed by atoms with van der Waals surface area (Å²) in [5.41, 5.74) is -5.56. The second-order valence-corrected chi connectivity index (χ2v) is 19.5. The van der Waals surface area contributed by atoms with E-state index in [-0.39, 0.29) is 0 Å². The molecule has 9 nitrogen and oxygen atoms in total. The van der Waals surface area contributed by atoms with Crippen molar-refractivity contribution in [1.29, 1.82) is 0 Å². The van der Waals surface area contributed by atoms with Gasteiger partial charge in [-0.05, 0) is 109 Å². The van der Waals surface area contributed by atoms with Crippen molar-refractivity contribution in [3.63, 3.8) is 0 Å². The van der Waals surface area contributed by atoms with E-state index in [9.17, 15) is 61.5 Å². The minimum atomic E-state index is -5.47. The first-order valence-electron chi connectivity index (χ1n) is 18.1. The summed E-state index contributed by atoms with van der Waals surface area (Å²) < 4.78 is 248. The van der Waals surface area contributed by atoms with E-state index >= 15 is 0 Å². The van der Waals surface area contributed by atoms with Crippen LogP contribution in [0.2, 0.25) is 0 Å². The van der Waals surface area contributed by atoms with Crippen LogP contribution in [0.4, 0.5) is 61.5 Å². The fourth-order valence-electron chi connectivity index (χ4n) is 5.52. The molecule has 0 saturated carbocycles. The Hall–Kier alpha value is -6.17. The van der Waals surface area contributed by atoms with Crippen molar-refractivity contribution in [2.24, 2.45) is 13.5 Å². The molecule has 26 heteroatoms. The van der Waals surface area contributed by atoms with Crippen LogP contribution in [-0.4, -0.2) is 0 Å². The minimum Gasteiger partial charge on any atom is -0.413 e. The molecule has 7 rings (SSSR count). The summed E-state index contributed by atoms with van der Waals surface area (Å²) >= 11 is 0. The lowest BCUT2D eigenvalue weighted by molar-refractivity contribution is -0.138. The van der Waals surface area contributed by atoms with Crippen LogP contribution in [0.25, 0.3) is 0 Å². The Bertz CT molecular complexity index is 2680. The summed E-state index contributed by atoms with van der Waals surface area (Å²) in [6.45, 7) is 0. The van der Waals surface area contributed by atoms with E-state index in [1.807, 2.05) is 0 Å². The number of hydrogen-bond acceptors (Lipinski definition) is 9. The van der Waals surface area contributed by atoms with Crippen molar-refractivity contribution in [2.75, 3.05) is 0 Å². The Labute approximate surface area is 363 Å². The monoisotopic (exact) mass is 1000 g/mol. The maximum Gasteiger partial charge on any atom is 0.460 e. The van der Waals surface area contributed by atoms with Crippen molar-refractivity contribution < 1.29 is 88.6 Å². The van der Waals surface area contributed by atoms with Crippen molar-refractivity contribution in [3.05, 3.63) is 179 Å². The first-order valence-corrected chi connectivity index (χ1v) is 22.7. The van der Waals surface area contributed by atoms with Gasteiger partial charge in [-0.1, -0.05) is 43.9 Å². The normalized spacial score (nSPS) is 17.0. The zero-order valence-corrected chi connectivity index (χ0v) is 35.0. The molecule has 6 aromatic rings. The highest BCUT2D eigenvalue weighted by Crippen LogP contribution is 2.79. The molecule has 66 heavy (non-hydrogen) atoms. The summed E-state index contributed by atoms with van der Waals surface area (Å²) in [6, 6.07) is 17.9. The van der Waals surface area contributed by atoms with Crippen molar-refractivity contribution in [2.45, 2.75) is 24.7 Å². The highest BCUT2D eigenvalue weighted by atomic mass is 31.3. The average Bonchev–Trinajstić information content (AvgIpc) is 3.20. The first kappa shape index (κ1) is 47.8. The number of rotatable bonds is 12. The number of benzene rings is 6. The summed E-state index contributed by atoms with van der Waals surface area (Å²) in [5.74, 6) is -6.32. The summed E-state index contributed by atoms with van der Waals surface area (Å²) in [5, 5.41) is 0. The molecule has 0 fully saturated rings. The molecule has 348 valence electrons. The number of nitrogens with zero attached hydrogens (tertiary/aromatic N) is 3. The molecular weight excluding hydrogens is 977 g/mol. The van der Waals surface area contributed by atoms with Gasteiger partial charge in [-0.15, -0.1) is 0 Å². The molecule has 0 aliphatic carbocycles. The van der Waals surface area contributed by atoms with Gasteiger partial charge in [0.05, 0.1) is 22.3 Å². The second-order valence-electron chi connectivity index (χ2n) is 13.3. The third-order valence-corrected chi connectivity index (χ3v) is 16.4. The van der Waals surface area contributed by atoms with Gasteiger partial charge in [0.15, 0.2) is 0 Å². The van der Waals surface area contributed by atoms with Crippen LogP contribution in [0.3, 0.4) is 0 Å². The molecule has 1 aliphatic heterocycles. The maximum absolute atomic E-state index is 14.8. The van der Waals surface area contributed by atoms with Crippen LogP contribution < -0.4 is 27.1 Å². The number of hydrogen-bond donors (Lipinski definition) is 0. The fraction of sp³-hybridized carbons (Fsp3) is 0.100. The van der Waals surface area contributed by atoms with Crippen molar-refractivity contribution in [3.8, 4) is 34.5 Å². The highest BCUT2D eigenvalue weighted by Gasteiger charge is 2.50. The van der Waals surface area contributed by atoms with Gasteiger partial charge in [0.1, 0.15) is 46.1 Å². The largest absolute Gasteiger partial charge is 0.460 e. The molecule has 0 radical (unpaired) electrons. The molecule has 6 aromatic carbocycles. The molecule has 0 aromatic heterocycles. The number of halogens is 14. The lowest BCUT2D eigenvalue weighted by Gasteiger charge is -2.33. The second kappa shape index (κ2) is 17.9. The van der Waals surface area contributed by atoms with Crippen LogP contribution in [0, 0.1) is 11.6 Å². The van der Waals surface area contributed by atoms with Gasteiger partial charge in [-0.25, -0.2) is 8.78 Å². The smallest absolute Gasteiger partial charge is 0.413 e. The molecule has 0 spiro atoms. The quantitative estimate of drug-likeness (QED) is 0.0896. The molecule has 0 amide bonds. The summed E-state index contributed by atoms with van der Waals surface area (Å²) in [6.07, 6.45) is -20.3. The Morgan fingerprint density at radius 2 is 0.545 bits per heavy atom. The molecule has 0 saturated heterocycles. The van der Waals surface area contributed by atoms with Gasteiger partial charge in [0, 0.05) is 6.07 Å². The Morgan fingerprint density at radius 3 is 0.818 bits per heavy atom.